The number of hydrogen-bond donors (Lipinski definition) is 2. The standard InChI is InChI=1S/C23H25FN2O6S/c1-4-31-16-8-6-15(7-9-16)21-20(22(27)32-5-2)19(25-23(28)26-21)13-33(29,30)17-10-11-18(24)14(3)12-17/h6-12,21H,4-5,13H2,1-3H3,(H2,25,26,28)/t21-/m1/s1. The Morgan fingerprint density at radius 1 is 1.09 bits per heavy atom. The molecule has 0 radical (unpaired) electrons. The van der Waals surface area contributed by atoms with E-state index >= 15 is 0 Å². The molecule has 0 fully saturated rings. The summed E-state index contributed by atoms with van der Waals surface area (Å²) in [5.41, 5.74) is 0.585. The van der Waals surface area contributed by atoms with Crippen molar-refractivity contribution in [3.05, 3.63) is 70.7 Å². The first-order chi connectivity index (χ1) is 15.7. The Balaban J connectivity index is 2.07. The quantitative estimate of drug-likeness (QED) is 0.447. The Morgan fingerprint density at radius 2 is 1.79 bits per heavy atom. The molecule has 176 valence electrons. The molecule has 0 bridgehead atoms. The molecule has 0 saturated carbocycles. The summed E-state index contributed by atoms with van der Waals surface area (Å²) in [5, 5.41) is 5.09. The summed E-state index contributed by atoms with van der Waals surface area (Å²) in [5.74, 6) is -1.36. The number of halogens is 1. The van der Waals surface area contributed by atoms with Gasteiger partial charge in [0.15, 0.2) is 9.84 Å². The molecule has 1 atom stereocenters. The van der Waals surface area contributed by atoms with Gasteiger partial charge in [-0.1, -0.05) is 12.1 Å². The van der Waals surface area contributed by atoms with Gasteiger partial charge in [-0.2, -0.15) is 0 Å². The zero-order valence-corrected chi connectivity index (χ0v) is 19.3. The van der Waals surface area contributed by atoms with Crippen molar-refractivity contribution in [3.63, 3.8) is 0 Å². The molecule has 33 heavy (non-hydrogen) atoms. The number of rotatable bonds is 8. The predicted octanol–water partition coefficient (Wildman–Crippen LogP) is 3.18. The van der Waals surface area contributed by atoms with Crippen molar-refractivity contribution in [1.29, 1.82) is 0 Å². The normalized spacial score (nSPS) is 16.1. The molecule has 1 aliphatic rings. The van der Waals surface area contributed by atoms with Crippen LogP contribution in [0.2, 0.25) is 0 Å². The molecule has 10 heteroatoms. The lowest BCUT2D eigenvalue weighted by molar-refractivity contribution is -0.139. The Morgan fingerprint density at radius 3 is 2.39 bits per heavy atom. The van der Waals surface area contributed by atoms with Gasteiger partial charge in [0.1, 0.15) is 11.6 Å². The number of nitrogens with one attached hydrogen (secondary N) is 2. The molecule has 0 aliphatic carbocycles. The smallest absolute Gasteiger partial charge is 0.338 e. The molecule has 1 aliphatic heterocycles. The molecule has 1 heterocycles. The van der Waals surface area contributed by atoms with Crippen molar-refractivity contribution >= 4 is 21.8 Å². The van der Waals surface area contributed by atoms with Crippen LogP contribution in [0, 0.1) is 12.7 Å². The summed E-state index contributed by atoms with van der Waals surface area (Å²) < 4.78 is 50.3. The number of ether oxygens (including phenoxy) is 2. The lowest BCUT2D eigenvalue weighted by Crippen LogP contribution is -2.47. The van der Waals surface area contributed by atoms with Crippen molar-refractivity contribution in [2.75, 3.05) is 19.0 Å². The molecule has 0 aromatic heterocycles. The number of esters is 1. The zero-order valence-electron chi connectivity index (χ0n) is 18.5. The summed E-state index contributed by atoms with van der Waals surface area (Å²) >= 11 is 0. The summed E-state index contributed by atoms with van der Waals surface area (Å²) in [6.45, 7) is 5.45. The van der Waals surface area contributed by atoms with Crippen molar-refractivity contribution in [1.82, 2.24) is 10.6 Å². The van der Waals surface area contributed by atoms with Gasteiger partial charge in [-0.25, -0.2) is 22.4 Å². The van der Waals surface area contributed by atoms with Crippen LogP contribution in [0.3, 0.4) is 0 Å². The van der Waals surface area contributed by atoms with Crippen LogP contribution in [0.1, 0.15) is 31.0 Å². The minimum atomic E-state index is -4.02. The molecule has 0 unspecified atom stereocenters. The first-order valence-electron chi connectivity index (χ1n) is 10.4. The van der Waals surface area contributed by atoms with E-state index in [2.05, 4.69) is 10.6 Å². The zero-order chi connectivity index (χ0) is 24.2. The van der Waals surface area contributed by atoms with Crippen molar-refractivity contribution in [2.45, 2.75) is 31.7 Å². The van der Waals surface area contributed by atoms with Crippen molar-refractivity contribution in [2.24, 2.45) is 0 Å². The molecule has 2 aromatic carbocycles. The van der Waals surface area contributed by atoms with Gasteiger partial charge in [-0.05, 0) is 62.2 Å². The monoisotopic (exact) mass is 476 g/mol. The number of amides is 2. The van der Waals surface area contributed by atoms with Gasteiger partial charge in [0.05, 0.1) is 35.5 Å². The van der Waals surface area contributed by atoms with Crippen LogP contribution in [0.5, 0.6) is 5.75 Å². The highest BCUT2D eigenvalue weighted by molar-refractivity contribution is 7.91. The topological polar surface area (TPSA) is 111 Å². The van der Waals surface area contributed by atoms with Crippen LogP contribution in [-0.2, 0) is 19.4 Å². The third-order valence-electron chi connectivity index (χ3n) is 5.00. The summed E-state index contributed by atoms with van der Waals surface area (Å²) in [6, 6.07) is 8.55. The molecule has 8 nitrogen and oxygen atoms in total. The van der Waals surface area contributed by atoms with E-state index in [1.54, 1.807) is 31.2 Å². The molecule has 0 saturated heterocycles. The molecule has 0 spiro atoms. The molecular formula is C23H25FN2O6S. The second-order valence-electron chi connectivity index (χ2n) is 7.32. The third-order valence-corrected chi connectivity index (χ3v) is 6.64. The summed E-state index contributed by atoms with van der Waals surface area (Å²) in [4.78, 5) is 25.1. The van der Waals surface area contributed by atoms with Crippen LogP contribution in [0.25, 0.3) is 0 Å². The maximum Gasteiger partial charge on any atom is 0.338 e. The van der Waals surface area contributed by atoms with E-state index in [4.69, 9.17) is 9.47 Å². The van der Waals surface area contributed by atoms with Gasteiger partial charge in [0.25, 0.3) is 0 Å². The first kappa shape index (κ1) is 24.2. The maximum atomic E-state index is 13.6. The van der Waals surface area contributed by atoms with E-state index in [0.29, 0.717) is 17.9 Å². The van der Waals surface area contributed by atoms with Crippen LogP contribution in [0.4, 0.5) is 9.18 Å². The lowest BCUT2D eigenvalue weighted by Gasteiger charge is -2.29. The first-order valence-corrected chi connectivity index (χ1v) is 12.0. The Labute approximate surface area is 191 Å². The molecular weight excluding hydrogens is 451 g/mol. The summed E-state index contributed by atoms with van der Waals surface area (Å²) in [6.07, 6.45) is 0. The van der Waals surface area contributed by atoms with Gasteiger partial charge >= 0.3 is 12.0 Å². The number of urea groups is 1. The van der Waals surface area contributed by atoms with Crippen LogP contribution >= 0.6 is 0 Å². The maximum absolute atomic E-state index is 13.6. The van der Waals surface area contributed by atoms with Gasteiger partial charge in [-0.3, -0.25) is 0 Å². The van der Waals surface area contributed by atoms with Gasteiger partial charge in [0, 0.05) is 5.70 Å². The van der Waals surface area contributed by atoms with Gasteiger partial charge in [0.2, 0.25) is 0 Å². The second kappa shape index (κ2) is 10.0. The highest BCUT2D eigenvalue weighted by Gasteiger charge is 2.35. The highest BCUT2D eigenvalue weighted by Crippen LogP contribution is 2.30. The molecule has 3 rings (SSSR count). The second-order valence-corrected chi connectivity index (χ2v) is 9.31. The number of aryl methyl sites for hydroxylation is 1. The van der Waals surface area contributed by atoms with E-state index in [-0.39, 0.29) is 28.3 Å². The van der Waals surface area contributed by atoms with Crippen LogP contribution in [-0.4, -0.2) is 39.4 Å². The van der Waals surface area contributed by atoms with E-state index in [1.165, 1.54) is 13.0 Å². The van der Waals surface area contributed by atoms with Gasteiger partial charge in [-0.15, -0.1) is 0 Å². The van der Waals surface area contributed by atoms with Crippen molar-refractivity contribution < 1.29 is 31.9 Å². The minimum absolute atomic E-state index is 0.0250. The lowest BCUT2D eigenvalue weighted by atomic mass is 9.95. The van der Waals surface area contributed by atoms with E-state index in [0.717, 1.165) is 12.1 Å². The largest absolute Gasteiger partial charge is 0.494 e. The van der Waals surface area contributed by atoms with E-state index < -0.39 is 39.4 Å². The van der Waals surface area contributed by atoms with Crippen LogP contribution < -0.4 is 15.4 Å². The number of carbonyl (C=O) groups excluding carboxylic acids is 2. The Kier molecular flexibility index (Phi) is 7.37. The van der Waals surface area contributed by atoms with E-state index in [1.807, 2.05) is 6.92 Å². The Hall–Kier alpha value is -3.40. The fourth-order valence-electron chi connectivity index (χ4n) is 3.44. The average molecular weight is 477 g/mol. The van der Waals surface area contributed by atoms with Crippen molar-refractivity contribution in [3.8, 4) is 5.75 Å². The van der Waals surface area contributed by atoms with Crippen LogP contribution in [0.15, 0.2) is 58.6 Å². The molecule has 2 aromatic rings. The average Bonchev–Trinajstić information content (AvgIpc) is 2.75. The summed E-state index contributed by atoms with van der Waals surface area (Å²) in [7, 11) is -4.02. The third kappa shape index (κ3) is 5.51. The number of sulfone groups is 1. The fourth-order valence-corrected chi connectivity index (χ4v) is 4.84. The number of hydrogen-bond acceptors (Lipinski definition) is 6. The number of benzene rings is 2. The number of carbonyl (C=O) groups is 2. The van der Waals surface area contributed by atoms with Gasteiger partial charge < -0.3 is 20.1 Å². The highest BCUT2D eigenvalue weighted by atomic mass is 32.2. The predicted molar refractivity (Wildman–Crippen MR) is 119 cm³/mol. The minimum Gasteiger partial charge on any atom is -0.494 e. The Bertz CT molecular complexity index is 1190. The molecule has 2 N–H and O–H groups in total. The molecule has 2 amide bonds. The van der Waals surface area contributed by atoms with E-state index in [9.17, 15) is 22.4 Å². The fraction of sp³-hybridized carbons (Fsp3) is 0.304. The SMILES string of the molecule is CCOC(=O)C1=C(CS(=O)(=O)c2ccc(F)c(C)c2)NC(=O)N[C@@H]1c1ccc(OCC)cc1.